The fourth-order valence-corrected chi connectivity index (χ4v) is 3.89. The van der Waals surface area contributed by atoms with Crippen molar-refractivity contribution < 1.29 is 0 Å². The molecule has 0 nitrogen and oxygen atoms in total. The smallest absolute Gasteiger partial charge is 0.0619 e. The summed E-state index contributed by atoms with van der Waals surface area (Å²) in [4.78, 5) is 0. The van der Waals surface area contributed by atoms with Gasteiger partial charge in [-0.25, -0.2) is 0 Å². The molecular formula is C15H19Cl3. The predicted octanol–water partition coefficient (Wildman–Crippen LogP) is 6.49. The van der Waals surface area contributed by atoms with E-state index < -0.39 is 0 Å². The zero-order chi connectivity index (χ0) is 13.3. The Kier molecular flexibility index (Phi) is 4.52. The lowest BCUT2D eigenvalue weighted by Crippen LogP contribution is -2.30. The molecule has 1 aliphatic carbocycles. The van der Waals surface area contributed by atoms with E-state index in [1.54, 1.807) is 0 Å². The summed E-state index contributed by atoms with van der Waals surface area (Å²) in [6, 6.07) is 5.74. The highest BCUT2D eigenvalue weighted by molar-refractivity contribution is 6.42. The Morgan fingerprint density at radius 1 is 1.17 bits per heavy atom. The summed E-state index contributed by atoms with van der Waals surface area (Å²) in [5.74, 6) is 0.505. The van der Waals surface area contributed by atoms with Gasteiger partial charge in [-0.1, -0.05) is 56.0 Å². The monoisotopic (exact) mass is 304 g/mol. The predicted molar refractivity (Wildman–Crippen MR) is 80.8 cm³/mol. The molecule has 2 atom stereocenters. The zero-order valence-electron chi connectivity index (χ0n) is 10.8. The van der Waals surface area contributed by atoms with Crippen molar-refractivity contribution in [1.82, 2.24) is 0 Å². The minimum atomic E-state index is 0.0232. The highest BCUT2D eigenvalue weighted by Gasteiger charge is 2.37. The number of rotatable bonds is 2. The Morgan fingerprint density at radius 2 is 1.89 bits per heavy atom. The maximum absolute atomic E-state index is 6.69. The van der Waals surface area contributed by atoms with Gasteiger partial charge in [0.05, 0.1) is 15.4 Å². The molecule has 0 saturated heterocycles. The number of benzene rings is 1. The molecule has 0 amide bonds. The molecule has 0 N–H and O–H groups in total. The van der Waals surface area contributed by atoms with Gasteiger partial charge in [0.25, 0.3) is 0 Å². The van der Waals surface area contributed by atoms with Crippen LogP contribution >= 0.6 is 34.8 Å². The van der Waals surface area contributed by atoms with Gasteiger partial charge in [-0.3, -0.25) is 0 Å². The average molecular weight is 306 g/mol. The number of hydrogen-bond acceptors (Lipinski definition) is 0. The number of halogens is 3. The van der Waals surface area contributed by atoms with E-state index in [0.29, 0.717) is 21.4 Å². The molecule has 0 spiro atoms. The molecule has 0 aliphatic heterocycles. The van der Waals surface area contributed by atoms with Crippen LogP contribution in [0.1, 0.15) is 50.5 Å². The summed E-state index contributed by atoms with van der Waals surface area (Å²) < 4.78 is 0. The Morgan fingerprint density at radius 3 is 2.50 bits per heavy atom. The largest absolute Gasteiger partial charge is 0.117 e. The summed E-state index contributed by atoms with van der Waals surface area (Å²) in [6.07, 6.45) is 5.04. The van der Waals surface area contributed by atoms with E-state index in [9.17, 15) is 0 Å². The third kappa shape index (κ3) is 2.98. The van der Waals surface area contributed by atoms with Gasteiger partial charge < -0.3 is 0 Å². The van der Waals surface area contributed by atoms with Gasteiger partial charge in [0.1, 0.15) is 0 Å². The molecule has 100 valence electrons. The third-order valence-electron chi connectivity index (χ3n) is 4.21. The van der Waals surface area contributed by atoms with E-state index in [4.69, 9.17) is 34.8 Å². The lowest BCUT2D eigenvalue weighted by molar-refractivity contribution is 0.133. The van der Waals surface area contributed by atoms with Crippen molar-refractivity contribution in [1.29, 1.82) is 0 Å². The van der Waals surface area contributed by atoms with Crippen LogP contribution in [0.3, 0.4) is 0 Å². The first-order chi connectivity index (χ1) is 8.42. The summed E-state index contributed by atoms with van der Waals surface area (Å²) in [5.41, 5.74) is 1.39. The van der Waals surface area contributed by atoms with Gasteiger partial charge in [0.2, 0.25) is 0 Å². The van der Waals surface area contributed by atoms with Gasteiger partial charge in [0.15, 0.2) is 0 Å². The molecule has 1 aromatic rings. The van der Waals surface area contributed by atoms with Crippen molar-refractivity contribution >= 4 is 34.8 Å². The van der Waals surface area contributed by atoms with E-state index in [1.807, 2.05) is 18.2 Å². The van der Waals surface area contributed by atoms with Gasteiger partial charge >= 0.3 is 0 Å². The molecular weight excluding hydrogens is 287 g/mol. The van der Waals surface area contributed by atoms with Gasteiger partial charge in [-0.15, -0.1) is 11.6 Å². The summed E-state index contributed by atoms with van der Waals surface area (Å²) in [5, 5.41) is 1.20. The van der Waals surface area contributed by atoms with Gasteiger partial charge in [-0.2, -0.15) is 0 Å². The Bertz CT molecular complexity index is 426. The minimum absolute atomic E-state index is 0.0232. The van der Waals surface area contributed by atoms with Crippen molar-refractivity contribution in [2.45, 2.75) is 44.9 Å². The average Bonchev–Trinajstić information content (AvgIpc) is 2.31. The van der Waals surface area contributed by atoms with Crippen LogP contribution in [0.4, 0.5) is 0 Å². The quantitative estimate of drug-likeness (QED) is 0.548. The van der Waals surface area contributed by atoms with E-state index >= 15 is 0 Å². The molecule has 0 bridgehead atoms. The molecule has 1 aromatic carbocycles. The fourth-order valence-electron chi connectivity index (χ4n) is 2.98. The van der Waals surface area contributed by atoms with Crippen molar-refractivity contribution in [3.8, 4) is 0 Å². The molecule has 1 saturated carbocycles. The van der Waals surface area contributed by atoms with Crippen LogP contribution in [0.25, 0.3) is 0 Å². The SMILES string of the molecule is CC1(C)CCCCC1C(Cl)c1ccc(Cl)c(Cl)c1. The highest BCUT2D eigenvalue weighted by atomic mass is 35.5. The molecule has 2 unspecified atom stereocenters. The van der Waals surface area contributed by atoms with Crippen molar-refractivity contribution in [2.24, 2.45) is 11.3 Å². The summed E-state index contributed by atoms with van der Waals surface area (Å²) >= 11 is 18.7. The lowest BCUT2D eigenvalue weighted by atomic mass is 9.66. The molecule has 0 aromatic heterocycles. The first-order valence-electron chi connectivity index (χ1n) is 6.51. The van der Waals surface area contributed by atoms with Gasteiger partial charge in [0, 0.05) is 0 Å². The second-order valence-corrected chi connectivity index (χ2v) is 7.20. The minimum Gasteiger partial charge on any atom is -0.117 e. The molecule has 1 fully saturated rings. The van der Waals surface area contributed by atoms with E-state index in [2.05, 4.69) is 13.8 Å². The molecule has 0 radical (unpaired) electrons. The molecule has 2 rings (SSSR count). The standard InChI is InChI=1S/C15H19Cl3/c1-15(2)8-4-3-5-11(15)14(18)10-6-7-12(16)13(17)9-10/h6-7,9,11,14H,3-5,8H2,1-2H3. The first-order valence-corrected chi connectivity index (χ1v) is 7.70. The van der Waals surface area contributed by atoms with Crippen molar-refractivity contribution in [3.63, 3.8) is 0 Å². The van der Waals surface area contributed by atoms with Crippen LogP contribution in [0, 0.1) is 11.3 Å². The van der Waals surface area contributed by atoms with Gasteiger partial charge in [-0.05, 0) is 41.9 Å². The maximum atomic E-state index is 6.69. The zero-order valence-corrected chi connectivity index (χ0v) is 13.1. The summed E-state index contributed by atoms with van der Waals surface area (Å²) in [6.45, 7) is 4.65. The Hall–Kier alpha value is 0.0900. The first kappa shape index (κ1) is 14.5. The van der Waals surface area contributed by atoms with Crippen molar-refractivity contribution in [3.05, 3.63) is 33.8 Å². The van der Waals surface area contributed by atoms with Crippen LogP contribution in [0.2, 0.25) is 10.0 Å². The summed E-state index contributed by atoms with van der Waals surface area (Å²) in [7, 11) is 0. The van der Waals surface area contributed by atoms with Crippen molar-refractivity contribution in [2.75, 3.05) is 0 Å². The van der Waals surface area contributed by atoms with Crippen LogP contribution in [-0.2, 0) is 0 Å². The molecule has 1 aliphatic rings. The second kappa shape index (κ2) is 5.61. The van der Waals surface area contributed by atoms with Crippen LogP contribution in [0.5, 0.6) is 0 Å². The molecule has 3 heteroatoms. The number of hydrogen-bond donors (Lipinski definition) is 0. The normalized spacial score (nSPS) is 24.8. The Labute approximate surface area is 125 Å². The van der Waals surface area contributed by atoms with E-state index in [0.717, 1.165) is 5.56 Å². The topological polar surface area (TPSA) is 0 Å². The van der Waals surface area contributed by atoms with Crippen LogP contribution in [0.15, 0.2) is 18.2 Å². The molecule has 0 heterocycles. The highest BCUT2D eigenvalue weighted by Crippen LogP contribution is 2.49. The lowest BCUT2D eigenvalue weighted by Gasteiger charge is -2.41. The van der Waals surface area contributed by atoms with Crippen LogP contribution < -0.4 is 0 Å². The van der Waals surface area contributed by atoms with Crippen LogP contribution in [-0.4, -0.2) is 0 Å². The van der Waals surface area contributed by atoms with E-state index in [-0.39, 0.29) is 5.38 Å². The number of alkyl halides is 1. The maximum Gasteiger partial charge on any atom is 0.0619 e. The fraction of sp³-hybridized carbons (Fsp3) is 0.600. The molecule has 18 heavy (non-hydrogen) atoms. The third-order valence-corrected chi connectivity index (χ3v) is 5.50. The Balaban J connectivity index is 2.24. The second-order valence-electron chi connectivity index (χ2n) is 5.92. The van der Waals surface area contributed by atoms with E-state index in [1.165, 1.54) is 25.7 Å².